The van der Waals surface area contributed by atoms with Crippen molar-refractivity contribution in [2.75, 3.05) is 0 Å². The van der Waals surface area contributed by atoms with Gasteiger partial charge in [0.25, 0.3) is 0 Å². The van der Waals surface area contributed by atoms with Crippen molar-refractivity contribution in [1.82, 2.24) is 4.72 Å². The standard InChI is InChI=1S/C20H17BrN2O6S.Na/c21-17-11-12-23(18(17)19(24)28-13-15-7-3-1-4-8-15)30(26,27)22-20(25)29-14-16-9-5-2-6-10-16;/h1-12,17H,13-14H2;/q;+1/p+1. The first-order chi connectivity index (χ1) is 14.4. The number of nitrogens with zero attached hydrogens (tertiary/aromatic N) is 1. The maximum Gasteiger partial charge on any atom is 1.00 e. The Balaban J connectivity index is 0.00000341. The number of carbonyl (C=O) groups excluding carboxylic acids is 2. The zero-order valence-electron chi connectivity index (χ0n) is 16.6. The van der Waals surface area contributed by atoms with Crippen molar-refractivity contribution in [1.29, 1.82) is 0 Å². The summed E-state index contributed by atoms with van der Waals surface area (Å²) in [6.07, 6.45) is 1.43. The Kier molecular flexibility index (Phi) is 9.45. The minimum absolute atomic E-state index is 0. The number of carbonyl (C=O) groups is 2. The fraction of sp³-hybridized carbons (Fsp3) is 0.150. The quantitative estimate of drug-likeness (QED) is 0.233. The number of alkyl halides is 1. The molecular weight excluding hydrogens is 499 g/mol. The average molecular weight is 517 g/mol. The van der Waals surface area contributed by atoms with Crippen LogP contribution in [-0.4, -0.2) is 35.0 Å². The van der Waals surface area contributed by atoms with Crippen LogP contribution in [0.5, 0.6) is 0 Å². The van der Waals surface area contributed by atoms with Crippen LogP contribution in [0.2, 0.25) is 0 Å². The van der Waals surface area contributed by atoms with Gasteiger partial charge in [0.2, 0.25) is 0 Å². The molecule has 0 fully saturated rings. The van der Waals surface area contributed by atoms with Crippen molar-refractivity contribution >= 4 is 43.9 Å². The van der Waals surface area contributed by atoms with Gasteiger partial charge in [0.1, 0.15) is 18.0 Å². The van der Waals surface area contributed by atoms with E-state index in [0.29, 0.717) is 9.54 Å². The van der Waals surface area contributed by atoms with E-state index in [1.165, 1.54) is 6.08 Å². The minimum Gasteiger partial charge on any atom is -0.453 e. The molecule has 1 aliphatic heterocycles. The summed E-state index contributed by atoms with van der Waals surface area (Å²) in [5.41, 5.74) is 1.25. The second kappa shape index (κ2) is 11.6. The topological polar surface area (TPSA) is 102 Å². The van der Waals surface area contributed by atoms with E-state index in [4.69, 9.17) is 9.47 Å². The third kappa shape index (κ3) is 7.01. The van der Waals surface area contributed by atoms with E-state index in [-0.39, 0.29) is 48.5 Å². The Morgan fingerprint density at radius 2 is 1.45 bits per heavy atom. The number of hydrogen-bond donors (Lipinski definition) is 1. The van der Waals surface area contributed by atoms with Crippen molar-refractivity contribution in [3.8, 4) is 0 Å². The summed E-state index contributed by atoms with van der Waals surface area (Å²) in [6.45, 7) is -0.127. The van der Waals surface area contributed by atoms with Crippen molar-refractivity contribution < 1.29 is 61.0 Å². The van der Waals surface area contributed by atoms with E-state index in [9.17, 15) is 18.0 Å². The zero-order chi connectivity index (χ0) is 21.6. The van der Waals surface area contributed by atoms with Gasteiger partial charge in [0.05, 0.1) is 0 Å². The molecule has 0 spiro atoms. The molecule has 1 unspecified atom stereocenters. The number of hydrogen-bond acceptors (Lipinski definition) is 6. The second-order valence-electron chi connectivity index (χ2n) is 6.15. The average Bonchev–Trinajstić information content (AvgIpc) is 3.14. The number of esters is 1. The number of benzene rings is 2. The smallest absolute Gasteiger partial charge is 0.453 e. The molecule has 0 saturated carbocycles. The number of ether oxygens (including phenoxy) is 2. The predicted molar refractivity (Wildman–Crippen MR) is 112 cm³/mol. The normalized spacial score (nSPS) is 15.2. The van der Waals surface area contributed by atoms with Crippen LogP contribution in [-0.2, 0) is 37.7 Å². The molecular formula is C20H18BrN2NaO6S+2. The molecule has 31 heavy (non-hydrogen) atoms. The molecule has 1 aliphatic rings. The molecule has 1 amide bonds. The third-order valence-corrected chi connectivity index (χ3v) is 5.99. The summed E-state index contributed by atoms with van der Waals surface area (Å²) in [4.78, 5) is 23.8. The first-order valence-electron chi connectivity index (χ1n) is 8.80. The molecule has 1 heterocycles. The van der Waals surface area contributed by atoms with E-state index in [1.54, 1.807) is 59.3 Å². The van der Waals surface area contributed by atoms with Crippen LogP contribution < -0.4 is 34.3 Å². The van der Waals surface area contributed by atoms with Crippen LogP contribution >= 0.6 is 15.9 Å². The Bertz CT molecular complexity index is 1090. The SMILES string of the molecule is O=C(NS(=O)(=O)[N+]1=C(C(=O)OCc2ccccc2)C(Br)C=C1)OCc1ccccc1.[Na+]. The first kappa shape index (κ1) is 25.3. The molecule has 1 atom stereocenters. The molecule has 0 aromatic heterocycles. The maximum absolute atomic E-state index is 12.6. The van der Waals surface area contributed by atoms with Crippen LogP contribution in [0.1, 0.15) is 11.1 Å². The number of halogens is 1. The molecule has 0 radical (unpaired) electrons. The molecule has 0 saturated heterocycles. The van der Waals surface area contributed by atoms with Gasteiger partial charge in [-0.2, -0.15) is 4.72 Å². The summed E-state index contributed by atoms with van der Waals surface area (Å²) in [5.74, 6) is -0.839. The van der Waals surface area contributed by atoms with Gasteiger partial charge in [-0.15, -0.1) is 8.42 Å². The van der Waals surface area contributed by atoms with Gasteiger partial charge in [0, 0.05) is 6.08 Å². The predicted octanol–water partition coefficient (Wildman–Crippen LogP) is -0.351. The Labute approximate surface area is 210 Å². The Morgan fingerprint density at radius 1 is 0.935 bits per heavy atom. The fourth-order valence-corrected chi connectivity index (χ4v) is 4.29. The van der Waals surface area contributed by atoms with Crippen molar-refractivity contribution in [3.05, 3.63) is 84.1 Å². The van der Waals surface area contributed by atoms with Crippen LogP contribution in [0.4, 0.5) is 4.79 Å². The van der Waals surface area contributed by atoms with Gasteiger partial charge in [0.15, 0.2) is 6.20 Å². The summed E-state index contributed by atoms with van der Waals surface area (Å²) in [5, 5.41) is 0. The molecule has 0 aliphatic carbocycles. The monoisotopic (exact) mass is 516 g/mol. The molecule has 2 aromatic carbocycles. The minimum atomic E-state index is -4.42. The van der Waals surface area contributed by atoms with Gasteiger partial charge in [-0.3, -0.25) is 0 Å². The van der Waals surface area contributed by atoms with E-state index in [0.717, 1.165) is 11.8 Å². The molecule has 2 aromatic rings. The number of amides is 1. The molecule has 0 bridgehead atoms. The van der Waals surface area contributed by atoms with E-state index < -0.39 is 27.1 Å². The van der Waals surface area contributed by atoms with E-state index >= 15 is 0 Å². The van der Waals surface area contributed by atoms with Crippen molar-refractivity contribution in [2.24, 2.45) is 0 Å². The van der Waals surface area contributed by atoms with Crippen LogP contribution in [0.15, 0.2) is 72.9 Å². The Hall–Kier alpha value is -1.98. The first-order valence-corrected chi connectivity index (χ1v) is 11.2. The largest absolute Gasteiger partial charge is 1.00 e. The van der Waals surface area contributed by atoms with Crippen LogP contribution in [0.25, 0.3) is 0 Å². The number of allylic oxidation sites excluding steroid dienone is 1. The van der Waals surface area contributed by atoms with E-state index in [2.05, 4.69) is 15.9 Å². The van der Waals surface area contributed by atoms with Gasteiger partial charge >= 0.3 is 57.5 Å². The Morgan fingerprint density at radius 3 is 2.00 bits per heavy atom. The van der Waals surface area contributed by atoms with Gasteiger partial charge in [-0.1, -0.05) is 80.6 Å². The number of rotatable bonds is 7. The molecule has 156 valence electrons. The van der Waals surface area contributed by atoms with E-state index in [1.807, 2.05) is 6.07 Å². The molecule has 1 N–H and O–H groups in total. The van der Waals surface area contributed by atoms with Gasteiger partial charge in [-0.05, 0) is 11.1 Å². The number of nitrogens with one attached hydrogen (secondary N) is 1. The molecule has 8 nitrogen and oxygen atoms in total. The fourth-order valence-electron chi connectivity index (χ4n) is 2.56. The van der Waals surface area contributed by atoms with Gasteiger partial charge < -0.3 is 9.47 Å². The van der Waals surface area contributed by atoms with Crippen molar-refractivity contribution in [3.63, 3.8) is 0 Å². The third-order valence-electron chi connectivity index (χ3n) is 3.99. The van der Waals surface area contributed by atoms with Crippen LogP contribution in [0, 0.1) is 0 Å². The summed E-state index contributed by atoms with van der Waals surface area (Å²) >= 11 is 3.22. The molecule has 3 rings (SSSR count). The summed E-state index contributed by atoms with van der Waals surface area (Å²) in [7, 11) is -4.42. The van der Waals surface area contributed by atoms with Crippen molar-refractivity contribution in [2.45, 2.75) is 18.0 Å². The van der Waals surface area contributed by atoms with Gasteiger partial charge in [-0.25, -0.2) is 9.59 Å². The molecule has 11 heteroatoms. The summed E-state index contributed by atoms with van der Waals surface area (Å²) < 4.78 is 37.8. The summed E-state index contributed by atoms with van der Waals surface area (Å²) in [6, 6.07) is 17.8. The maximum atomic E-state index is 12.6. The van der Waals surface area contributed by atoms with Crippen LogP contribution in [0.3, 0.4) is 0 Å². The second-order valence-corrected chi connectivity index (χ2v) is 8.69. The zero-order valence-corrected chi connectivity index (χ0v) is 21.0.